The van der Waals surface area contributed by atoms with Gasteiger partial charge in [-0.2, -0.15) is 5.21 Å². The second kappa shape index (κ2) is 15.7. The van der Waals surface area contributed by atoms with E-state index in [1.54, 1.807) is 37.3 Å². The maximum atomic E-state index is 13.7. The Morgan fingerprint density at radius 2 is 1.62 bits per heavy atom. The van der Waals surface area contributed by atoms with Crippen LogP contribution in [0.2, 0.25) is 0 Å². The molecule has 0 bridgehead atoms. The zero-order valence-electron chi connectivity index (χ0n) is 28.5. The summed E-state index contributed by atoms with van der Waals surface area (Å²) in [6.45, 7) is 7.68. The smallest absolute Gasteiger partial charge is 0.407 e. The van der Waals surface area contributed by atoms with Crippen molar-refractivity contribution in [2.45, 2.75) is 71.4 Å². The average Bonchev–Trinajstić information content (AvgIpc) is 3.62. The Hall–Kier alpha value is -5.66. The first kappa shape index (κ1) is 35.6. The summed E-state index contributed by atoms with van der Waals surface area (Å²) in [5.74, 6) is -1.24. The number of carbonyl (C=O) groups excluding carboxylic acids is 3. The predicted molar refractivity (Wildman–Crippen MR) is 185 cm³/mol. The number of aryl methyl sites for hydroxylation is 1. The molecule has 2 heterocycles. The highest BCUT2D eigenvalue weighted by molar-refractivity contribution is 5.97. The van der Waals surface area contributed by atoms with E-state index < -0.39 is 23.7 Å². The van der Waals surface area contributed by atoms with Crippen molar-refractivity contribution in [3.8, 4) is 22.5 Å². The molecule has 0 saturated heterocycles. The normalized spacial score (nSPS) is 16.6. The molecule has 2 aromatic carbocycles. The van der Waals surface area contributed by atoms with Gasteiger partial charge in [-0.3, -0.25) is 9.59 Å². The minimum Gasteiger partial charge on any atom is -0.477 e. The quantitative estimate of drug-likeness (QED) is 0.144. The van der Waals surface area contributed by atoms with Gasteiger partial charge in [-0.1, -0.05) is 30.3 Å². The third-order valence-corrected chi connectivity index (χ3v) is 8.55. The Morgan fingerprint density at radius 3 is 2.22 bits per heavy atom. The topological polar surface area (TPSA) is 201 Å². The van der Waals surface area contributed by atoms with E-state index in [9.17, 15) is 24.3 Å². The molecule has 4 aromatic rings. The molecule has 0 radical (unpaired) electrons. The molecule has 3 amide bonds. The second-order valence-corrected chi connectivity index (χ2v) is 13.5. The lowest BCUT2D eigenvalue weighted by Gasteiger charge is -2.29. The zero-order valence-corrected chi connectivity index (χ0v) is 28.5. The molecule has 1 aliphatic carbocycles. The first-order valence-electron chi connectivity index (χ1n) is 16.6. The Labute approximate surface area is 289 Å². The number of tetrazole rings is 1. The van der Waals surface area contributed by atoms with E-state index in [1.807, 2.05) is 45.0 Å². The number of aromatic nitrogens is 5. The summed E-state index contributed by atoms with van der Waals surface area (Å²) in [5.41, 5.74) is 3.72. The van der Waals surface area contributed by atoms with Gasteiger partial charge in [-0.25, -0.2) is 14.6 Å². The molecule has 5 rings (SSSR count). The molecular weight excluding hydrogens is 640 g/mol. The number of nitrogens with one attached hydrogen (secondary N) is 4. The molecule has 0 unspecified atom stereocenters. The van der Waals surface area contributed by atoms with Crippen molar-refractivity contribution in [2.24, 2.45) is 11.8 Å². The van der Waals surface area contributed by atoms with E-state index in [1.165, 1.54) is 6.07 Å². The molecule has 50 heavy (non-hydrogen) atoms. The largest absolute Gasteiger partial charge is 0.477 e. The second-order valence-electron chi connectivity index (χ2n) is 13.5. The monoisotopic (exact) mass is 682 g/mol. The first-order chi connectivity index (χ1) is 23.8. The number of aromatic amines is 1. The van der Waals surface area contributed by atoms with E-state index in [-0.39, 0.29) is 35.8 Å². The Morgan fingerprint density at radius 1 is 0.940 bits per heavy atom. The summed E-state index contributed by atoms with van der Waals surface area (Å²) in [6.07, 6.45) is 2.60. The van der Waals surface area contributed by atoms with Gasteiger partial charge in [-0.05, 0) is 106 Å². The Bertz CT molecular complexity index is 1800. The molecule has 0 aliphatic heterocycles. The van der Waals surface area contributed by atoms with Crippen LogP contribution in [0.4, 0.5) is 10.5 Å². The number of nitrogens with zero attached hydrogens (tertiary/aromatic N) is 4. The number of amides is 3. The minimum atomic E-state index is -1.09. The number of benzene rings is 2. The molecule has 0 spiro atoms. The van der Waals surface area contributed by atoms with Crippen LogP contribution in [0, 0.1) is 18.8 Å². The molecule has 2 aromatic heterocycles. The summed E-state index contributed by atoms with van der Waals surface area (Å²) in [5, 5.41) is 32.0. The van der Waals surface area contributed by atoms with Crippen molar-refractivity contribution in [1.29, 1.82) is 0 Å². The van der Waals surface area contributed by atoms with Crippen molar-refractivity contribution in [3.63, 3.8) is 0 Å². The summed E-state index contributed by atoms with van der Waals surface area (Å²) in [7, 11) is 0. The number of pyridine rings is 1. The highest BCUT2D eigenvalue weighted by Crippen LogP contribution is 2.29. The van der Waals surface area contributed by atoms with E-state index in [4.69, 9.17) is 4.74 Å². The molecule has 1 fully saturated rings. The van der Waals surface area contributed by atoms with E-state index in [0.717, 1.165) is 35.1 Å². The number of carbonyl (C=O) groups is 4. The van der Waals surface area contributed by atoms with Gasteiger partial charge in [0.25, 0.3) is 0 Å². The van der Waals surface area contributed by atoms with Crippen LogP contribution in [0.3, 0.4) is 0 Å². The van der Waals surface area contributed by atoms with Gasteiger partial charge in [0.2, 0.25) is 17.6 Å². The van der Waals surface area contributed by atoms with Crippen molar-refractivity contribution < 1.29 is 29.0 Å². The van der Waals surface area contributed by atoms with Gasteiger partial charge in [0.15, 0.2) is 0 Å². The fraction of sp³-hybridized carbons (Fsp3) is 0.389. The minimum absolute atomic E-state index is 0.0251. The number of carboxylic acid groups (broad SMARTS) is 1. The number of alkyl carbamates (subject to hydrolysis) is 1. The lowest BCUT2D eigenvalue weighted by Crippen LogP contribution is -2.48. The van der Waals surface area contributed by atoms with Gasteiger partial charge in [0, 0.05) is 41.4 Å². The number of rotatable bonds is 11. The SMILES string of the molecule is Cc1nc(C(=O)O)ccc1-c1ccc(C[C@H](NC(=O)[C@H]2CC[C@H](CNC(=O)OC(C)(C)C)CC2)C(=O)Nc2ccc(-c3nn[nH]n3)cc2)cc1. The fourth-order valence-corrected chi connectivity index (χ4v) is 5.93. The van der Waals surface area contributed by atoms with Crippen LogP contribution in [-0.4, -0.2) is 72.8 Å². The molecule has 14 heteroatoms. The number of carboxylic acids is 1. The van der Waals surface area contributed by atoms with Gasteiger partial charge >= 0.3 is 12.1 Å². The number of hydrogen-bond donors (Lipinski definition) is 5. The van der Waals surface area contributed by atoms with Crippen molar-refractivity contribution in [1.82, 2.24) is 36.2 Å². The average molecular weight is 683 g/mol. The molecule has 1 aliphatic rings. The molecular formula is C36H42N8O6. The summed E-state index contributed by atoms with van der Waals surface area (Å²) >= 11 is 0. The number of anilines is 1. The molecule has 14 nitrogen and oxygen atoms in total. The third-order valence-electron chi connectivity index (χ3n) is 8.55. The number of hydrogen-bond acceptors (Lipinski definition) is 9. The van der Waals surface area contributed by atoms with Crippen LogP contribution in [0.25, 0.3) is 22.5 Å². The predicted octanol–water partition coefficient (Wildman–Crippen LogP) is 4.93. The van der Waals surface area contributed by atoms with E-state index in [2.05, 4.69) is 41.6 Å². The number of H-pyrrole nitrogens is 1. The van der Waals surface area contributed by atoms with Gasteiger partial charge in [0.05, 0.1) is 0 Å². The van der Waals surface area contributed by atoms with Crippen LogP contribution in [-0.2, 0) is 20.7 Å². The van der Waals surface area contributed by atoms with E-state index in [0.29, 0.717) is 36.6 Å². The van der Waals surface area contributed by atoms with Gasteiger partial charge in [-0.15, -0.1) is 10.2 Å². The molecule has 1 atom stereocenters. The Balaban J connectivity index is 1.25. The highest BCUT2D eigenvalue weighted by Gasteiger charge is 2.30. The Kier molecular flexibility index (Phi) is 11.2. The molecule has 1 saturated carbocycles. The van der Waals surface area contributed by atoms with Gasteiger partial charge in [0.1, 0.15) is 17.3 Å². The van der Waals surface area contributed by atoms with Crippen LogP contribution in [0.1, 0.15) is 68.2 Å². The summed E-state index contributed by atoms with van der Waals surface area (Å²) < 4.78 is 5.33. The lowest BCUT2D eigenvalue weighted by molar-refractivity contribution is -0.130. The molecule has 5 N–H and O–H groups in total. The maximum Gasteiger partial charge on any atom is 0.407 e. The van der Waals surface area contributed by atoms with Crippen molar-refractivity contribution in [2.75, 3.05) is 11.9 Å². The zero-order chi connectivity index (χ0) is 35.8. The van der Waals surface area contributed by atoms with Crippen LogP contribution in [0.15, 0.2) is 60.7 Å². The van der Waals surface area contributed by atoms with Crippen LogP contribution >= 0.6 is 0 Å². The summed E-state index contributed by atoms with van der Waals surface area (Å²) in [6, 6.07) is 16.9. The van der Waals surface area contributed by atoms with Crippen LogP contribution in [0.5, 0.6) is 0 Å². The summed E-state index contributed by atoms with van der Waals surface area (Å²) in [4.78, 5) is 54.8. The molecule has 262 valence electrons. The number of ether oxygens (including phenoxy) is 1. The maximum absolute atomic E-state index is 13.7. The van der Waals surface area contributed by atoms with Crippen LogP contribution < -0.4 is 16.0 Å². The van der Waals surface area contributed by atoms with Crippen molar-refractivity contribution in [3.05, 3.63) is 77.6 Å². The van der Waals surface area contributed by atoms with Crippen molar-refractivity contribution >= 4 is 29.6 Å². The highest BCUT2D eigenvalue weighted by atomic mass is 16.6. The number of aromatic carboxylic acids is 1. The first-order valence-corrected chi connectivity index (χ1v) is 16.6. The lowest BCUT2D eigenvalue weighted by atomic mass is 9.81. The van der Waals surface area contributed by atoms with Gasteiger partial charge < -0.3 is 25.8 Å². The third kappa shape index (κ3) is 9.71. The fourth-order valence-electron chi connectivity index (χ4n) is 5.93. The van der Waals surface area contributed by atoms with E-state index >= 15 is 0 Å². The standard InChI is InChI=1S/C36H42N8O6/c1-21-28(17-18-29(38-21)34(47)48)24-9-5-22(6-10-24)19-30(33(46)39-27-15-13-25(14-16-27)31-41-43-44-42-31)40-32(45)26-11-7-23(8-12-26)20-37-35(49)50-36(2,3)4/h5-6,9-10,13-18,23,26,30H,7-8,11-12,19-20H2,1-4H3,(H,37,49)(H,39,46)(H,40,45)(H,47,48)(H,41,42,43,44)/t23-,26-,30-/m0/s1.